The maximum atomic E-state index is 11.4. The molecule has 2 amide bonds. The van der Waals surface area contributed by atoms with E-state index in [0.717, 1.165) is 0 Å². The van der Waals surface area contributed by atoms with Crippen LogP contribution in [0.2, 0.25) is 0 Å². The lowest BCUT2D eigenvalue weighted by Crippen LogP contribution is -2.28. The average Bonchev–Trinajstić information content (AvgIpc) is 2.37. The highest BCUT2D eigenvalue weighted by molar-refractivity contribution is 5.89. The molecule has 1 rings (SSSR count). The zero-order valence-electron chi connectivity index (χ0n) is 10.4. The number of carbonyl (C=O) groups excluding carboxylic acids is 1. The third-order valence-corrected chi connectivity index (χ3v) is 2.06. The van der Waals surface area contributed by atoms with Gasteiger partial charge in [-0.1, -0.05) is 12.1 Å². The fourth-order valence-electron chi connectivity index (χ4n) is 1.25. The number of anilines is 1. The monoisotopic (exact) mass is 250 g/mol. The fraction of sp³-hybridized carbons (Fsp3) is 0.308. The number of hydrogen-bond acceptors (Lipinski definition) is 3. The Morgan fingerprint density at radius 2 is 2.28 bits per heavy atom. The van der Waals surface area contributed by atoms with Crippen LogP contribution in [0.25, 0.3) is 0 Å². The number of nitrogens with one attached hydrogen (secondary N) is 2. The minimum absolute atomic E-state index is 0.274. The number of methoxy groups -OCH3 is 1. The van der Waals surface area contributed by atoms with Gasteiger partial charge in [0.2, 0.25) is 0 Å². The Labute approximate surface area is 107 Å². The minimum Gasteiger partial charge on any atom is -0.491 e. The molecule has 5 nitrogen and oxygen atoms in total. The van der Waals surface area contributed by atoms with E-state index in [1.165, 1.54) is 0 Å². The van der Waals surface area contributed by atoms with Gasteiger partial charge in [-0.15, -0.1) is 6.58 Å². The van der Waals surface area contributed by atoms with Crippen molar-refractivity contribution in [2.45, 2.75) is 0 Å². The van der Waals surface area contributed by atoms with Crippen LogP contribution in [0.1, 0.15) is 0 Å². The van der Waals surface area contributed by atoms with Gasteiger partial charge in [-0.2, -0.15) is 0 Å². The third-order valence-electron chi connectivity index (χ3n) is 2.06. The van der Waals surface area contributed by atoms with E-state index in [-0.39, 0.29) is 6.03 Å². The van der Waals surface area contributed by atoms with Crippen LogP contribution in [0.5, 0.6) is 5.75 Å². The zero-order chi connectivity index (χ0) is 13.2. The first kappa shape index (κ1) is 14.1. The summed E-state index contributed by atoms with van der Waals surface area (Å²) in [5, 5.41) is 5.32. The summed E-state index contributed by atoms with van der Waals surface area (Å²) in [5.41, 5.74) is 0.673. The molecule has 0 bridgehead atoms. The molecule has 0 heterocycles. The summed E-state index contributed by atoms with van der Waals surface area (Å²) in [7, 11) is 1.62. The molecule has 0 spiro atoms. The second-order valence-electron chi connectivity index (χ2n) is 3.49. The Morgan fingerprint density at radius 3 is 3.00 bits per heavy atom. The molecule has 18 heavy (non-hydrogen) atoms. The van der Waals surface area contributed by atoms with E-state index in [9.17, 15) is 4.79 Å². The van der Waals surface area contributed by atoms with Gasteiger partial charge in [0.1, 0.15) is 12.4 Å². The van der Waals surface area contributed by atoms with Crippen molar-refractivity contribution in [2.75, 3.05) is 32.2 Å². The number of benzene rings is 1. The molecule has 98 valence electrons. The maximum Gasteiger partial charge on any atom is 0.319 e. The van der Waals surface area contributed by atoms with Gasteiger partial charge < -0.3 is 20.1 Å². The first-order chi connectivity index (χ1) is 8.76. The lowest BCUT2D eigenvalue weighted by molar-refractivity contribution is 0.146. The molecule has 1 aromatic carbocycles. The van der Waals surface area contributed by atoms with E-state index in [1.807, 2.05) is 12.1 Å². The van der Waals surface area contributed by atoms with Crippen LogP contribution in [-0.2, 0) is 4.74 Å². The second kappa shape index (κ2) is 8.14. The number of rotatable bonds is 7. The van der Waals surface area contributed by atoms with Gasteiger partial charge in [-0.05, 0) is 12.1 Å². The Kier molecular flexibility index (Phi) is 6.35. The fourth-order valence-corrected chi connectivity index (χ4v) is 1.25. The van der Waals surface area contributed by atoms with E-state index in [4.69, 9.17) is 9.47 Å². The summed E-state index contributed by atoms with van der Waals surface area (Å²) in [5.74, 6) is 0.688. The predicted molar refractivity (Wildman–Crippen MR) is 71.0 cm³/mol. The van der Waals surface area contributed by atoms with Crippen molar-refractivity contribution in [3.63, 3.8) is 0 Å². The van der Waals surface area contributed by atoms with Crippen LogP contribution in [0.3, 0.4) is 0 Å². The van der Waals surface area contributed by atoms with Crippen molar-refractivity contribution in [3.05, 3.63) is 36.9 Å². The van der Waals surface area contributed by atoms with Gasteiger partial charge >= 0.3 is 6.03 Å². The lowest BCUT2D eigenvalue weighted by Gasteiger charge is -2.09. The molecule has 0 saturated carbocycles. The highest BCUT2D eigenvalue weighted by Gasteiger charge is 2.01. The van der Waals surface area contributed by atoms with E-state index < -0.39 is 0 Å². The van der Waals surface area contributed by atoms with Crippen LogP contribution >= 0.6 is 0 Å². The standard InChI is InChI=1S/C13H18N2O3/c1-3-7-14-13(16)15-11-5-4-6-12(10-11)18-9-8-17-2/h3-6,10H,1,7-9H2,2H3,(H2,14,15,16). The number of amides is 2. The first-order valence-electron chi connectivity index (χ1n) is 5.64. The average molecular weight is 250 g/mol. The number of urea groups is 1. The summed E-state index contributed by atoms with van der Waals surface area (Å²) in [6.45, 7) is 4.95. The Hall–Kier alpha value is -2.01. The lowest BCUT2D eigenvalue weighted by atomic mass is 10.3. The van der Waals surface area contributed by atoms with Gasteiger partial charge in [-0.3, -0.25) is 0 Å². The molecule has 0 fully saturated rings. The minimum atomic E-state index is -0.274. The van der Waals surface area contributed by atoms with Crippen molar-refractivity contribution in [1.82, 2.24) is 5.32 Å². The van der Waals surface area contributed by atoms with Crippen LogP contribution < -0.4 is 15.4 Å². The molecule has 0 aromatic heterocycles. The quantitative estimate of drug-likeness (QED) is 0.575. The molecule has 0 aliphatic carbocycles. The molecule has 0 aliphatic rings. The van der Waals surface area contributed by atoms with Crippen molar-refractivity contribution < 1.29 is 14.3 Å². The summed E-state index contributed by atoms with van der Waals surface area (Å²) in [6, 6.07) is 6.90. The van der Waals surface area contributed by atoms with E-state index in [1.54, 1.807) is 25.3 Å². The molecule has 1 aromatic rings. The number of hydrogen-bond donors (Lipinski definition) is 2. The molecule has 0 unspecified atom stereocenters. The summed E-state index contributed by atoms with van der Waals surface area (Å²) >= 11 is 0. The molecule has 0 radical (unpaired) electrons. The molecule has 0 aliphatic heterocycles. The van der Waals surface area contributed by atoms with Gasteiger partial charge in [0.05, 0.1) is 6.61 Å². The number of carbonyl (C=O) groups is 1. The summed E-state index contributed by atoms with van der Waals surface area (Å²) in [6.07, 6.45) is 1.61. The molecule has 2 N–H and O–H groups in total. The zero-order valence-corrected chi connectivity index (χ0v) is 10.4. The van der Waals surface area contributed by atoms with Gasteiger partial charge in [0.15, 0.2) is 0 Å². The largest absolute Gasteiger partial charge is 0.491 e. The van der Waals surface area contributed by atoms with Crippen LogP contribution in [0.4, 0.5) is 10.5 Å². The van der Waals surface area contributed by atoms with E-state index in [0.29, 0.717) is 31.2 Å². The van der Waals surface area contributed by atoms with Crippen molar-refractivity contribution in [3.8, 4) is 5.75 Å². The molecule has 5 heteroatoms. The highest BCUT2D eigenvalue weighted by atomic mass is 16.5. The number of ether oxygens (including phenoxy) is 2. The molecular weight excluding hydrogens is 232 g/mol. The molecule has 0 atom stereocenters. The third kappa shape index (κ3) is 5.36. The van der Waals surface area contributed by atoms with Crippen LogP contribution in [-0.4, -0.2) is 32.9 Å². The predicted octanol–water partition coefficient (Wildman–Crippen LogP) is 2.02. The van der Waals surface area contributed by atoms with Gasteiger partial charge in [0, 0.05) is 25.4 Å². The van der Waals surface area contributed by atoms with Crippen molar-refractivity contribution in [1.29, 1.82) is 0 Å². The van der Waals surface area contributed by atoms with Crippen molar-refractivity contribution in [2.24, 2.45) is 0 Å². The molecule has 0 saturated heterocycles. The summed E-state index contributed by atoms with van der Waals surface area (Å²) in [4.78, 5) is 11.4. The second-order valence-corrected chi connectivity index (χ2v) is 3.49. The maximum absolute atomic E-state index is 11.4. The summed E-state index contributed by atoms with van der Waals surface area (Å²) < 4.78 is 10.3. The topological polar surface area (TPSA) is 59.6 Å². The Morgan fingerprint density at radius 1 is 1.44 bits per heavy atom. The van der Waals surface area contributed by atoms with Crippen LogP contribution in [0.15, 0.2) is 36.9 Å². The van der Waals surface area contributed by atoms with Crippen molar-refractivity contribution >= 4 is 11.7 Å². The first-order valence-corrected chi connectivity index (χ1v) is 5.64. The van der Waals surface area contributed by atoms with E-state index in [2.05, 4.69) is 17.2 Å². The normalized spacial score (nSPS) is 9.61. The van der Waals surface area contributed by atoms with Crippen LogP contribution in [0, 0.1) is 0 Å². The van der Waals surface area contributed by atoms with E-state index >= 15 is 0 Å². The highest BCUT2D eigenvalue weighted by Crippen LogP contribution is 2.17. The SMILES string of the molecule is C=CCNC(=O)Nc1cccc(OCCOC)c1. The smallest absolute Gasteiger partial charge is 0.319 e. The van der Waals surface area contributed by atoms with Gasteiger partial charge in [0.25, 0.3) is 0 Å². The Balaban J connectivity index is 2.48. The Bertz CT molecular complexity index is 394. The van der Waals surface area contributed by atoms with Gasteiger partial charge in [-0.25, -0.2) is 4.79 Å². The molecular formula is C13H18N2O3.